The van der Waals surface area contributed by atoms with Gasteiger partial charge in [-0.15, -0.1) is 0 Å². The van der Waals surface area contributed by atoms with Gasteiger partial charge in [0.2, 0.25) is 0 Å². The Bertz CT molecular complexity index is 366. The molecule has 1 aromatic rings. The Morgan fingerprint density at radius 1 is 1.32 bits per heavy atom. The molecule has 1 aliphatic carbocycles. The van der Waals surface area contributed by atoms with E-state index in [0.717, 1.165) is 19.0 Å². The predicted molar refractivity (Wildman–Crippen MR) is 79.7 cm³/mol. The molecule has 2 N–H and O–H groups in total. The van der Waals surface area contributed by atoms with Crippen molar-refractivity contribution < 1.29 is 0 Å². The van der Waals surface area contributed by atoms with E-state index in [1.807, 2.05) is 12.4 Å². The van der Waals surface area contributed by atoms with Gasteiger partial charge in [0.25, 0.3) is 0 Å². The summed E-state index contributed by atoms with van der Waals surface area (Å²) in [5.41, 5.74) is 7.31. The Kier molecular flexibility index (Phi) is 5.34. The lowest BCUT2D eigenvalue weighted by molar-refractivity contribution is 0.0965. The van der Waals surface area contributed by atoms with E-state index in [2.05, 4.69) is 36.0 Å². The molecule has 3 atom stereocenters. The summed E-state index contributed by atoms with van der Waals surface area (Å²) in [6.45, 7) is 4.13. The van der Waals surface area contributed by atoms with E-state index in [4.69, 9.17) is 5.73 Å². The van der Waals surface area contributed by atoms with E-state index in [1.54, 1.807) is 0 Å². The fourth-order valence-electron chi connectivity index (χ4n) is 3.37. The van der Waals surface area contributed by atoms with Gasteiger partial charge in [-0.3, -0.25) is 9.88 Å². The van der Waals surface area contributed by atoms with Crippen LogP contribution in [-0.2, 0) is 6.54 Å². The van der Waals surface area contributed by atoms with Crippen molar-refractivity contribution in [3.8, 4) is 0 Å². The maximum Gasteiger partial charge on any atom is 0.0271 e. The standard InChI is InChI=1S/C16H27N3/c1-3-13-4-5-15(11-17)16(10-13)19(2)12-14-6-8-18-9-7-14/h6-9,13,15-16H,3-5,10-12,17H2,1-2H3. The van der Waals surface area contributed by atoms with Crippen molar-refractivity contribution in [2.24, 2.45) is 17.6 Å². The van der Waals surface area contributed by atoms with Gasteiger partial charge < -0.3 is 5.73 Å². The second kappa shape index (κ2) is 7.01. The van der Waals surface area contributed by atoms with Gasteiger partial charge in [-0.2, -0.15) is 0 Å². The SMILES string of the molecule is CCC1CCC(CN)C(N(C)Cc2ccncc2)C1. The van der Waals surface area contributed by atoms with Gasteiger partial charge in [-0.1, -0.05) is 19.8 Å². The highest BCUT2D eigenvalue weighted by Crippen LogP contribution is 2.33. The quantitative estimate of drug-likeness (QED) is 0.886. The first-order chi connectivity index (χ1) is 9.24. The number of nitrogens with two attached hydrogens (primary N) is 1. The first kappa shape index (κ1) is 14.5. The van der Waals surface area contributed by atoms with Gasteiger partial charge in [0.1, 0.15) is 0 Å². The van der Waals surface area contributed by atoms with E-state index in [1.165, 1.54) is 31.2 Å². The van der Waals surface area contributed by atoms with Crippen LogP contribution in [0, 0.1) is 11.8 Å². The van der Waals surface area contributed by atoms with Crippen molar-refractivity contribution in [3.63, 3.8) is 0 Å². The Morgan fingerprint density at radius 3 is 2.68 bits per heavy atom. The van der Waals surface area contributed by atoms with Crippen LogP contribution in [0.3, 0.4) is 0 Å². The third kappa shape index (κ3) is 3.77. The van der Waals surface area contributed by atoms with Crippen LogP contribution in [0.2, 0.25) is 0 Å². The summed E-state index contributed by atoms with van der Waals surface area (Å²) in [6, 6.07) is 4.85. The van der Waals surface area contributed by atoms with Crippen molar-refractivity contribution >= 4 is 0 Å². The summed E-state index contributed by atoms with van der Waals surface area (Å²) in [6.07, 6.45) is 9.01. The number of hydrogen-bond donors (Lipinski definition) is 1. The first-order valence-corrected chi connectivity index (χ1v) is 7.53. The van der Waals surface area contributed by atoms with Crippen LogP contribution in [0.25, 0.3) is 0 Å². The van der Waals surface area contributed by atoms with Crippen molar-refractivity contribution in [1.29, 1.82) is 0 Å². The van der Waals surface area contributed by atoms with E-state index in [-0.39, 0.29) is 0 Å². The monoisotopic (exact) mass is 261 g/mol. The predicted octanol–water partition coefficient (Wildman–Crippen LogP) is 2.67. The third-order valence-corrected chi connectivity index (χ3v) is 4.69. The molecule has 19 heavy (non-hydrogen) atoms. The van der Waals surface area contributed by atoms with Crippen LogP contribution in [0.15, 0.2) is 24.5 Å². The van der Waals surface area contributed by atoms with Gasteiger partial charge in [0.15, 0.2) is 0 Å². The summed E-state index contributed by atoms with van der Waals surface area (Å²) in [5.74, 6) is 1.54. The van der Waals surface area contributed by atoms with Crippen molar-refractivity contribution in [2.75, 3.05) is 13.6 Å². The van der Waals surface area contributed by atoms with Crippen molar-refractivity contribution in [3.05, 3.63) is 30.1 Å². The molecule has 1 heterocycles. The number of pyridine rings is 1. The third-order valence-electron chi connectivity index (χ3n) is 4.69. The van der Waals surface area contributed by atoms with Crippen LogP contribution in [0.4, 0.5) is 0 Å². The topological polar surface area (TPSA) is 42.1 Å². The molecular formula is C16H27N3. The highest BCUT2D eigenvalue weighted by Gasteiger charge is 2.31. The second-order valence-corrected chi connectivity index (χ2v) is 5.92. The van der Waals surface area contributed by atoms with Gasteiger partial charge in [0, 0.05) is 25.0 Å². The van der Waals surface area contributed by atoms with Gasteiger partial charge >= 0.3 is 0 Å². The maximum atomic E-state index is 5.98. The fraction of sp³-hybridized carbons (Fsp3) is 0.688. The number of hydrogen-bond acceptors (Lipinski definition) is 3. The summed E-state index contributed by atoms with van der Waals surface area (Å²) in [7, 11) is 2.24. The molecule has 1 aliphatic rings. The molecule has 3 nitrogen and oxygen atoms in total. The molecule has 3 heteroatoms. The zero-order valence-electron chi connectivity index (χ0n) is 12.3. The molecule has 3 unspecified atom stereocenters. The fourth-order valence-corrected chi connectivity index (χ4v) is 3.37. The minimum atomic E-state index is 0.636. The summed E-state index contributed by atoms with van der Waals surface area (Å²) in [5, 5.41) is 0. The molecule has 0 amide bonds. The van der Waals surface area contributed by atoms with Crippen LogP contribution < -0.4 is 5.73 Å². The highest BCUT2D eigenvalue weighted by molar-refractivity contribution is 5.09. The van der Waals surface area contributed by atoms with Crippen LogP contribution >= 0.6 is 0 Å². The minimum Gasteiger partial charge on any atom is -0.330 e. The second-order valence-electron chi connectivity index (χ2n) is 5.92. The van der Waals surface area contributed by atoms with Crippen LogP contribution in [0.5, 0.6) is 0 Å². The summed E-state index contributed by atoms with van der Waals surface area (Å²) >= 11 is 0. The Labute approximate surface area is 117 Å². The highest BCUT2D eigenvalue weighted by atomic mass is 15.1. The number of rotatable bonds is 5. The molecular weight excluding hydrogens is 234 g/mol. The lowest BCUT2D eigenvalue weighted by atomic mass is 9.76. The molecule has 0 saturated heterocycles. The number of nitrogens with zero attached hydrogens (tertiary/aromatic N) is 2. The zero-order valence-corrected chi connectivity index (χ0v) is 12.3. The van der Waals surface area contributed by atoms with Gasteiger partial charge in [-0.25, -0.2) is 0 Å². The van der Waals surface area contributed by atoms with Crippen molar-refractivity contribution in [2.45, 2.75) is 45.2 Å². The Balaban J connectivity index is 2.00. The molecule has 0 radical (unpaired) electrons. The molecule has 1 saturated carbocycles. The molecule has 106 valence electrons. The van der Waals surface area contributed by atoms with Crippen LogP contribution in [-0.4, -0.2) is 29.5 Å². The maximum absolute atomic E-state index is 5.98. The van der Waals surface area contributed by atoms with Gasteiger partial charge in [0.05, 0.1) is 0 Å². The molecule has 0 spiro atoms. The molecule has 0 aromatic carbocycles. The number of aromatic nitrogens is 1. The van der Waals surface area contributed by atoms with Crippen molar-refractivity contribution in [1.82, 2.24) is 9.88 Å². The van der Waals surface area contributed by atoms with Gasteiger partial charge in [-0.05, 0) is 56.0 Å². The lowest BCUT2D eigenvalue weighted by Crippen LogP contribution is -2.44. The van der Waals surface area contributed by atoms with E-state index in [9.17, 15) is 0 Å². The largest absolute Gasteiger partial charge is 0.330 e. The average Bonchev–Trinajstić information content (AvgIpc) is 2.47. The smallest absolute Gasteiger partial charge is 0.0271 e. The molecule has 0 aliphatic heterocycles. The summed E-state index contributed by atoms with van der Waals surface area (Å²) < 4.78 is 0. The van der Waals surface area contributed by atoms with E-state index in [0.29, 0.717) is 12.0 Å². The average molecular weight is 261 g/mol. The molecule has 1 fully saturated rings. The lowest BCUT2D eigenvalue weighted by Gasteiger charge is -2.41. The molecule has 0 bridgehead atoms. The molecule has 1 aromatic heterocycles. The van der Waals surface area contributed by atoms with E-state index < -0.39 is 0 Å². The summed E-state index contributed by atoms with van der Waals surface area (Å²) in [4.78, 5) is 6.58. The first-order valence-electron chi connectivity index (χ1n) is 7.53. The molecule has 2 rings (SSSR count). The minimum absolute atomic E-state index is 0.636. The Hall–Kier alpha value is -0.930. The van der Waals surface area contributed by atoms with Crippen LogP contribution in [0.1, 0.15) is 38.2 Å². The Morgan fingerprint density at radius 2 is 2.05 bits per heavy atom. The zero-order chi connectivity index (χ0) is 13.7. The van der Waals surface area contributed by atoms with E-state index >= 15 is 0 Å². The normalized spacial score (nSPS) is 27.7.